The molecule has 0 saturated carbocycles. The Balaban J connectivity index is 1.95. The molecule has 1 aromatic heterocycles. The van der Waals surface area contributed by atoms with Crippen LogP contribution >= 0.6 is 22.9 Å². The molecule has 0 saturated heterocycles. The lowest BCUT2D eigenvalue weighted by atomic mass is 10.1. The Labute approximate surface area is 123 Å². The van der Waals surface area contributed by atoms with Gasteiger partial charge in [-0.25, -0.2) is 4.98 Å². The van der Waals surface area contributed by atoms with Crippen LogP contribution in [0.5, 0.6) is 0 Å². The van der Waals surface area contributed by atoms with Crippen LogP contribution in [-0.4, -0.2) is 10.9 Å². The molecule has 1 N–H and O–H groups in total. The molecule has 0 unspecified atom stereocenters. The predicted octanol–water partition coefficient (Wildman–Crippen LogP) is 4.54. The molecule has 0 atom stereocenters. The van der Waals surface area contributed by atoms with Gasteiger partial charge in [-0.05, 0) is 44.4 Å². The van der Waals surface area contributed by atoms with Crippen molar-refractivity contribution in [3.63, 3.8) is 0 Å². The normalized spacial score (nSPS) is 10.7. The maximum atomic E-state index is 5.73. The fraction of sp³-hybridized carbons (Fsp3) is 0.400. The molecule has 1 heterocycles. The third-order valence-corrected chi connectivity index (χ3v) is 4.38. The average molecular weight is 295 g/mol. The molecule has 2 aromatic rings. The number of nitrogens with zero attached hydrogens (tertiary/aromatic N) is 1. The minimum atomic E-state index is 0.718. The molecular weight excluding hydrogens is 276 g/mol. The van der Waals surface area contributed by atoms with Gasteiger partial charge in [-0.2, -0.15) is 0 Å². The highest BCUT2D eigenvalue weighted by Crippen LogP contribution is 2.18. The first-order chi connectivity index (χ1) is 9.19. The van der Waals surface area contributed by atoms with E-state index >= 15 is 0 Å². The van der Waals surface area contributed by atoms with Gasteiger partial charge >= 0.3 is 0 Å². The van der Waals surface area contributed by atoms with Crippen molar-refractivity contribution in [1.82, 2.24) is 4.98 Å². The van der Waals surface area contributed by atoms with Crippen LogP contribution in [-0.2, 0) is 13.0 Å². The highest BCUT2D eigenvalue weighted by Gasteiger charge is 2.03. The van der Waals surface area contributed by atoms with E-state index in [1.165, 1.54) is 10.4 Å². The molecule has 0 fully saturated rings. The summed E-state index contributed by atoms with van der Waals surface area (Å²) in [6.45, 7) is 4.96. The highest BCUT2D eigenvalue weighted by atomic mass is 35.5. The van der Waals surface area contributed by atoms with E-state index < -0.39 is 0 Å². The van der Waals surface area contributed by atoms with Gasteiger partial charge in [0.25, 0.3) is 0 Å². The van der Waals surface area contributed by atoms with Gasteiger partial charge in [-0.1, -0.05) is 12.1 Å². The summed E-state index contributed by atoms with van der Waals surface area (Å²) in [6, 6.07) is 8.52. The molecule has 0 spiro atoms. The Morgan fingerprint density at radius 1 is 1.32 bits per heavy atom. The van der Waals surface area contributed by atoms with Crippen LogP contribution in [0.25, 0.3) is 0 Å². The van der Waals surface area contributed by atoms with Gasteiger partial charge in [0.05, 0.1) is 12.2 Å². The largest absolute Gasteiger partial charge is 0.379 e. The summed E-state index contributed by atoms with van der Waals surface area (Å²) in [5.74, 6) is 0.718. The molecule has 0 bridgehead atoms. The van der Waals surface area contributed by atoms with Gasteiger partial charge in [-0.15, -0.1) is 22.9 Å². The van der Waals surface area contributed by atoms with E-state index in [0.29, 0.717) is 0 Å². The first-order valence-corrected chi connectivity index (χ1v) is 7.86. The second-order valence-electron chi connectivity index (χ2n) is 4.60. The number of hydrogen-bond donors (Lipinski definition) is 1. The maximum absolute atomic E-state index is 5.73. The molecule has 0 aliphatic carbocycles. The van der Waals surface area contributed by atoms with Crippen LogP contribution in [0.1, 0.15) is 27.6 Å². The molecule has 1 aromatic carbocycles. The minimum Gasteiger partial charge on any atom is -0.379 e. The van der Waals surface area contributed by atoms with Gasteiger partial charge in [0.2, 0.25) is 0 Å². The summed E-state index contributed by atoms with van der Waals surface area (Å²) in [6.07, 6.45) is 2.06. The Hall–Kier alpha value is -1.06. The van der Waals surface area contributed by atoms with Crippen LogP contribution < -0.4 is 5.32 Å². The zero-order chi connectivity index (χ0) is 13.7. The number of rotatable bonds is 6. The Morgan fingerprint density at radius 2 is 2.16 bits per heavy atom. The van der Waals surface area contributed by atoms with E-state index in [-0.39, 0.29) is 0 Å². The monoisotopic (exact) mass is 294 g/mol. The van der Waals surface area contributed by atoms with E-state index in [9.17, 15) is 0 Å². The number of nitrogens with one attached hydrogen (secondary N) is 1. The molecule has 0 radical (unpaired) electrons. The molecule has 102 valence electrons. The molecule has 19 heavy (non-hydrogen) atoms. The number of hydrogen-bond acceptors (Lipinski definition) is 3. The average Bonchev–Trinajstić information content (AvgIpc) is 2.74. The molecule has 0 aliphatic heterocycles. The molecule has 0 amide bonds. The Bertz CT molecular complexity index is 517. The summed E-state index contributed by atoms with van der Waals surface area (Å²) in [5.41, 5.74) is 3.62. The maximum Gasteiger partial charge on any atom is 0.112 e. The van der Waals surface area contributed by atoms with E-state index in [0.717, 1.165) is 41.7 Å². The third-order valence-electron chi connectivity index (χ3n) is 3.04. The van der Waals surface area contributed by atoms with Gasteiger partial charge in [0.15, 0.2) is 0 Å². The lowest BCUT2D eigenvalue weighted by Gasteiger charge is -2.06. The number of halogens is 1. The van der Waals surface area contributed by atoms with Crippen LogP contribution in [0, 0.1) is 13.8 Å². The van der Waals surface area contributed by atoms with Crippen molar-refractivity contribution in [2.75, 3.05) is 11.2 Å². The van der Waals surface area contributed by atoms with Crippen LogP contribution in [0.3, 0.4) is 0 Å². The first kappa shape index (κ1) is 14.4. The topological polar surface area (TPSA) is 24.9 Å². The van der Waals surface area contributed by atoms with E-state index in [2.05, 4.69) is 48.4 Å². The van der Waals surface area contributed by atoms with Crippen LogP contribution in [0.2, 0.25) is 0 Å². The third kappa shape index (κ3) is 4.22. The molecule has 2 rings (SSSR count). The summed E-state index contributed by atoms with van der Waals surface area (Å²) in [4.78, 5) is 5.83. The highest BCUT2D eigenvalue weighted by molar-refractivity contribution is 7.11. The zero-order valence-corrected chi connectivity index (χ0v) is 12.9. The Kier molecular flexibility index (Phi) is 5.23. The second kappa shape index (κ2) is 6.92. The fourth-order valence-corrected chi connectivity index (χ4v) is 2.91. The summed E-state index contributed by atoms with van der Waals surface area (Å²) >= 11 is 7.49. The second-order valence-corrected chi connectivity index (χ2v) is 6.26. The lowest BCUT2D eigenvalue weighted by Crippen LogP contribution is -1.99. The fourth-order valence-electron chi connectivity index (χ4n) is 1.90. The minimum absolute atomic E-state index is 0.718. The standard InChI is InChI=1S/C15H19ClN2S/c1-11-12(2)19-15(18-11)10-17-14-7-3-5-13(9-14)6-4-8-16/h3,5,7,9,17H,4,6,8,10H2,1-2H3. The van der Waals surface area contributed by atoms with Gasteiger partial charge < -0.3 is 5.32 Å². The lowest BCUT2D eigenvalue weighted by molar-refractivity contribution is 0.928. The van der Waals surface area contributed by atoms with Crippen molar-refractivity contribution in [2.45, 2.75) is 33.2 Å². The number of aryl methyl sites for hydroxylation is 3. The van der Waals surface area contributed by atoms with E-state index in [1.54, 1.807) is 11.3 Å². The van der Waals surface area contributed by atoms with Crippen molar-refractivity contribution < 1.29 is 0 Å². The molecule has 0 aliphatic rings. The number of anilines is 1. The zero-order valence-electron chi connectivity index (χ0n) is 11.4. The SMILES string of the molecule is Cc1nc(CNc2cccc(CCCCl)c2)sc1C. The van der Waals surface area contributed by atoms with E-state index in [4.69, 9.17) is 11.6 Å². The summed E-state index contributed by atoms with van der Waals surface area (Å²) < 4.78 is 0. The number of aromatic nitrogens is 1. The van der Waals surface area contributed by atoms with Gasteiger partial charge in [0, 0.05) is 16.4 Å². The number of alkyl halides is 1. The molecule has 4 heteroatoms. The molecular formula is C15H19ClN2S. The van der Waals surface area contributed by atoms with Crippen LogP contribution in [0.15, 0.2) is 24.3 Å². The Morgan fingerprint density at radius 3 is 2.84 bits per heavy atom. The van der Waals surface area contributed by atoms with Crippen molar-refractivity contribution in [3.8, 4) is 0 Å². The predicted molar refractivity (Wildman–Crippen MR) is 84.4 cm³/mol. The van der Waals surface area contributed by atoms with Crippen molar-refractivity contribution >= 4 is 28.6 Å². The van der Waals surface area contributed by atoms with Gasteiger partial charge in [-0.3, -0.25) is 0 Å². The smallest absolute Gasteiger partial charge is 0.112 e. The number of benzene rings is 1. The van der Waals surface area contributed by atoms with Crippen molar-refractivity contribution in [3.05, 3.63) is 45.4 Å². The first-order valence-electron chi connectivity index (χ1n) is 6.50. The molecule has 2 nitrogen and oxygen atoms in total. The van der Waals surface area contributed by atoms with E-state index in [1.807, 2.05) is 0 Å². The van der Waals surface area contributed by atoms with Crippen molar-refractivity contribution in [1.29, 1.82) is 0 Å². The van der Waals surface area contributed by atoms with Crippen LogP contribution in [0.4, 0.5) is 5.69 Å². The number of thiazole rings is 1. The quantitative estimate of drug-likeness (QED) is 0.791. The van der Waals surface area contributed by atoms with Gasteiger partial charge in [0.1, 0.15) is 5.01 Å². The van der Waals surface area contributed by atoms with Crippen molar-refractivity contribution in [2.24, 2.45) is 0 Å². The summed E-state index contributed by atoms with van der Waals surface area (Å²) in [7, 11) is 0. The summed E-state index contributed by atoms with van der Waals surface area (Å²) in [5, 5.41) is 4.57.